The summed E-state index contributed by atoms with van der Waals surface area (Å²) in [7, 11) is 2.05. The lowest BCUT2D eigenvalue weighted by atomic mass is 9.83. The number of rotatable bonds is 2. The first-order chi connectivity index (χ1) is 8.84. The van der Waals surface area contributed by atoms with Crippen LogP contribution in [0.15, 0.2) is 36.7 Å². The van der Waals surface area contributed by atoms with Crippen molar-refractivity contribution in [3.05, 3.63) is 42.2 Å². The van der Waals surface area contributed by atoms with Gasteiger partial charge in [0, 0.05) is 25.0 Å². The second-order valence-corrected chi connectivity index (χ2v) is 5.32. The molecule has 2 nitrogen and oxygen atoms in total. The van der Waals surface area contributed by atoms with Crippen molar-refractivity contribution in [3.8, 4) is 11.4 Å². The van der Waals surface area contributed by atoms with Crippen LogP contribution in [-0.2, 0) is 7.05 Å². The average Bonchev–Trinajstić information content (AvgIpc) is 2.86. The molecule has 2 heteroatoms. The zero-order valence-electron chi connectivity index (χ0n) is 11.0. The van der Waals surface area contributed by atoms with E-state index in [9.17, 15) is 0 Å². The smallest absolute Gasteiger partial charge is 0.139 e. The van der Waals surface area contributed by atoms with Gasteiger partial charge in [-0.25, -0.2) is 4.98 Å². The molecule has 1 heterocycles. The Morgan fingerprint density at radius 3 is 2.72 bits per heavy atom. The molecule has 1 saturated carbocycles. The summed E-state index contributed by atoms with van der Waals surface area (Å²) in [6.07, 6.45) is 10.8. The highest BCUT2D eigenvalue weighted by molar-refractivity contribution is 5.57. The summed E-state index contributed by atoms with van der Waals surface area (Å²) in [4.78, 5) is 4.44. The van der Waals surface area contributed by atoms with Gasteiger partial charge < -0.3 is 4.57 Å². The molecule has 1 aliphatic carbocycles. The number of nitrogens with zero attached hydrogens (tertiary/aromatic N) is 2. The van der Waals surface area contributed by atoms with Crippen molar-refractivity contribution in [2.45, 2.75) is 38.0 Å². The molecule has 94 valence electrons. The molecule has 0 atom stereocenters. The van der Waals surface area contributed by atoms with Crippen LogP contribution in [-0.4, -0.2) is 9.55 Å². The Kier molecular flexibility index (Phi) is 3.18. The van der Waals surface area contributed by atoms with Gasteiger partial charge in [-0.3, -0.25) is 0 Å². The first kappa shape index (κ1) is 11.5. The van der Waals surface area contributed by atoms with E-state index in [1.165, 1.54) is 43.2 Å². The molecule has 0 bridgehead atoms. The third-order valence-electron chi connectivity index (χ3n) is 4.04. The molecule has 0 spiro atoms. The van der Waals surface area contributed by atoms with E-state index in [-0.39, 0.29) is 0 Å². The highest BCUT2D eigenvalue weighted by Crippen LogP contribution is 2.33. The van der Waals surface area contributed by atoms with Crippen LogP contribution >= 0.6 is 0 Å². The van der Waals surface area contributed by atoms with Gasteiger partial charge in [0.05, 0.1) is 0 Å². The van der Waals surface area contributed by atoms with Gasteiger partial charge >= 0.3 is 0 Å². The van der Waals surface area contributed by atoms with Crippen molar-refractivity contribution >= 4 is 0 Å². The van der Waals surface area contributed by atoms with E-state index in [1.807, 2.05) is 12.4 Å². The first-order valence-electron chi connectivity index (χ1n) is 6.92. The predicted molar refractivity (Wildman–Crippen MR) is 74.5 cm³/mol. The maximum atomic E-state index is 4.44. The topological polar surface area (TPSA) is 17.8 Å². The molecule has 18 heavy (non-hydrogen) atoms. The SMILES string of the molecule is Cn1ccnc1-c1cccc(C2CCCCC2)c1. The number of hydrogen-bond donors (Lipinski definition) is 0. The van der Waals surface area contributed by atoms with Crippen LogP contribution in [0.1, 0.15) is 43.6 Å². The van der Waals surface area contributed by atoms with Gasteiger partial charge in [0.25, 0.3) is 0 Å². The summed E-state index contributed by atoms with van der Waals surface area (Å²) >= 11 is 0. The fourth-order valence-electron chi connectivity index (χ4n) is 3.01. The maximum Gasteiger partial charge on any atom is 0.139 e. The molecule has 0 unspecified atom stereocenters. The molecule has 0 aliphatic heterocycles. The Morgan fingerprint density at radius 2 is 2.00 bits per heavy atom. The van der Waals surface area contributed by atoms with Crippen LogP contribution in [0.5, 0.6) is 0 Å². The second kappa shape index (κ2) is 4.97. The summed E-state index contributed by atoms with van der Waals surface area (Å²) in [5.74, 6) is 1.83. The van der Waals surface area contributed by atoms with Crippen LogP contribution in [0.3, 0.4) is 0 Å². The molecule has 0 N–H and O–H groups in total. The van der Waals surface area contributed by atoms with Gasteiger partial charge in [-0.15, -0.1) is 0 Å². The standard InChI is InChI=1S/C16H20N2/c1-18-11-10-17-16(18)15-9-5-8-14(12-15)13-6-3-2-4-7-13/h5,8-13H,2-4,6-7H2,1H3. The summed E-state index contributed by atoms with van der Waals surface area (Å²) in [5, 5.41) is 0. The van der Waals surface area contributed by atoms with E-state index in [1.54, 1.807) is 0 Å². The average molecular weight is 240 g/mol. The number of hydrogen-bond acceptors (Lipinski definition) is 1. The van der Waals surface area contributed by atoms with E-state index in [0.717, 1.165) is 11.7 Å². The second-order valence-electron chi connectivity index (χ2n) is 5.32. The number of aromatic nitrogens is 2. The maximum absolute atomic E-state index is 4.44. The summed E-state index contributed by atoms with van der Waals surface area (Å²) in [6, 6.07) is 8.95. The van der Waals surface area contributed by atoms with Crippen molar-refractivity contribution in [3.63, 3.8) is 0 Å². The minimum Gasteiger partial charge on any atom is -0.334 e. The summed E-state index contributed by atoms with van der Waals surface area (Å²) < 4.78 is 2.08. The number of benzene rings is 1. The molecule has 1 aromatic heterocycles. The van der Waals surface area contributed by atoms with E-state index < -0.39 is 0 Å². The fourth-order valence-corrected chi connectivity index (χ4v) is 3.01. The molecule has 0 amide bonds. The first-order valence-corrected chi connectivity index (χ1v) is 6.92. The fraction of sp³-hybridized carbons (Fsp3) is 0.438. The molecule has 0 radical (unpaired) electrons. The third kappa shape index (κ3) is 2.20. The Labute approximate surface area is 109 Å². The zero-order chi connectivity index (χ0) is 12.4. The van der Waals surface area contributed by atoms with E-state index in [4.69, 9.17) is 0 Å². The Morgan fingerprint density at radius 1 is 1.17 bits per heavy atom. The summed E-state index contributed by atoms with van der Waals surface area (Å²) in [6.45, 7) is 0. The molecule has 3 rings (SSSR count). The van der Waals surface area contributed by atoms with E-state index in [2.05, 4.69) is 40.9 Å². The minimum atomic E-state index is 0.763. The lowest BCUT2D eigenvalue weighted by molar-refractivity contribution is 0.443. The Hall–Kier alpha value is -1.57. The molecule has 1 aromatic carbocycles. The highest BCUT2D eigenvalue weighted by atomic mass is 15.0. The van der Waals surface area contributed by atoms with Crippen LogP contribution in [0.4, 0.5) is 0 Å². The predicted octanol–water partition coefficient (Wildman–Crippen LogP) is 4.13. The van der Waals surface area contributed by atoms with Crippen molar-refractivity contribution in [1.29, 1.82) is 0 Å². The Balaban J connectivity index is 1.91. The zero-order valence-corrected chi connectivity index (χ0v) is 11.0. The van der Waals surface area contributed by atoms with Crippen molar-refractivity contribution in [2.24, 2.45) is 7.05 Å². The monoisotopic (exact) mass is 240 g/mol. The molecular formula is C16H20N2. The Bertz CT molecular complexity index is 521. The van der Waals surface area contributed by atoms with Gasteiger partial charge in [-0.05, 0) is 30.4 Å². The quantitative estimate of drug-likeness (QED) is 0.771. The van der Waals surface area contributed by atoms with Crippen molar-refractivity contribution < 1.29 is 0 Å². The molecule has 1 fully saturated rings. The normalized spacial score (nSPS) is 16.9. The lowest BCUT2D eigenvalue weighted by Gasteiger charge is -2.22. The van der Waals surface area contributed by atoms with Gasteiger partial charge in [-0.2, -0.15) is 0 Å². The van der Waals surface area contributed by atoms with Gasteiger partial charge in [0.1, 0.15) is 5.82 Å². The summed E-state index contributed by atoms with van der Waals surface area (Å²) in [5.41, 5.74) is 2.74. The van der Waals surface area contributed by atoms with E-state index >= 15 is 0 Å². The molecule has 2 aromatic rings. The van der Waals surface area contributed by atoms with Gasteiger partial charge in [0.2, 0.25) is 0 Å². The molecule has 0 saturated heterocycles. The number of imidazole rings is 1. The van der Waals surface area contributed by atoms with Crippen LogP contribution in [0, 0.1) is 0 Å². The largest absolute Gasteiger partial charge is 0.334 e. The van der Waals surface area contributed by atoms with Crippen molar-refractivity contribution in [1.82, 2.24) is 9.55 Å². The third-order valence-corrected chi connectivity index (χ3v) is 4.04. The van der Waals surface area contributed by atoms with Crippen LogP contribution < -0.4 is 0 Å². The van der Waals surface area contributed by atoms with Gasteiger partial charge in [0.15, 0.2) is 0 Å². The molecule has 1 aliphatic rings. The highest BCUT2D eigenvalue weighted by Gasteiger charge is 2.16. The number of aryl methyl sites for hydroxylation is 1. The van der Waals surface area contributed by atoms with Crippen LogP contribution in [0.2, 0.25) is 0 Å². The molecular weight excluding hydrogens is 220 g/mol. The lowest BCUT2D eigenvalue weighted by Crippen LogP contribution is -2.04. The van der Waals surface area contributed by atoms with E-state index in [0.29, 0.717) is 0 Å². The van der Waals surface area contributed by atoms with Gasteiger partial charge in [-0.1, -0.05) is 37.5 Å². The van der Waals surface area contributed by atoms with Crippen LogP contribution in [0.25, 0.3) is 11.4 Å². The van der Waals surface area contributed by atoms with Crippen molar-refractivity contribution in [2.75, 3.05) is 0 Å². The minimum absolute atomic E-state index is 0.763.